The Bertz CT molecular complexity index is 247. The Balaban J connectivity index is 0. The van der Waals surface area contributed by atoms with Crippen LogP contribution in [0, 0.1) is 11.8 Å². The van der Waals surface area contributed by atoms with E-state index in [9.17, 15) is 0 Å². The van der Waals surface area contributed by atoms with E-state index in [1.165, 1.54) is 51.4 Å². The molecule has 0 amide bonds. The van der Waals surface area contributed by atoms with Crippen molar-refractivity contribution in [2.45, 2.75) is 88.7 Å². The SMILES string of the molecule is CCCCC(CC)[CH2][Mo+3][CH2]C(CC)CCCC.O=P([O-])([O-])[O-]. The fraction of sp³-hybridized carbons (Fsp3) is 1.00. The van der Waals surface area contributed by atoms with E-state index < -0.39 is 7.82 Å². The fourth-order valence-electron chi connectivity index (χ4n) is 2.20. The van der Waals surface area contributed by atoms with Crippen molar-refractivity contribution >= 4 is 7.82 Å². The third kappa shape index (κ3) is 23.1. The molecule has 4 nitrogen and oxygen atoms in total. The number of hydrogen-bond acceptors (Lipinski definition) is 4. The van der Waals surface area contributed by atoms with E-state index in [0.717, 1.165) is 11.8 Å². The van der Waals surface area contributed by atoms with Crippen LogP contribution in [0.15, 0.2) is 0 Å². The second kappa shape index (κ2) is 16.6. The molecule has 0 aliphatic carbocycles. The molecule has 2 atom stereocenters. The van der Waals surface area contributed by atoms with E-state index >= 15 is 0 Å². The number of phosphoric acid groups is 1. The predicted molar refractivity (Wildman–Crippen MR) is 83.8 cm³/mol. The molecule has 0 fully saturated rings. The molecule has 0 bridgehead atoms. The summed E-state index contributed by atoms with van der Waals surface area (Å²) in [6, 6.07) is 0. The molecular weight excluding hydrogens is 383 g/mol. The molecule has 22 heavy (non-hydrogen) atoms. The van der Waals surface area contributed by atoms with Gasteiger partial charge in [-0.05, 0) is 0 Å². The van der Waals surface area contributed by atoms with Crippen molar-refractivity contribution < 1.29 is 37.8 Å². The summed E-state index contributed by atoms with van der Waals surface area (Å²) in [4.78, 5) is 28.9. The van der Waals surface area contributed by atoms with Gasteiger partial charge in [0.1, 0.15) is 0 Å². The molecule has 0 aliphatic rings. The fourth-order valence-corrected chi connectivity index (χ4v) is 6.15. The van der Waals surface area contributed by atoms with Crippen LogP contribution in [0.25, 0.3) is 0 Å². The topological polar surface area (TPSA) is 86.2 Å². The maximum absolute atomic E-state index is 8.55. The first-order valence-corrected chi connectivity index (χ1v) is 12.9. The molecule has 0 radical (unpaired) electrons. The molecule has 0 rings (SSSR count). The van der Waals surface area contributed by atoms with E-state index in [2.05, 4.69) is 27.7 Å². The molecule has 0 saturated carbocycles. The van der Waals surface area contributed by atoms with Crippen molar-refractivity contribution in [3.63, 3.8) is 0 Å². The zero-order chi connectivity index (χ0) is 17.4. The minimum absolute atomic E-state index is 0.318. The van der Waals surface area contributed by atoms with E-state index in [0.29, 0.717) is 18.6 Å². The minimum atomic E-state index is -5.39. The summed E-state index contributed by atoms with van der Waals surface area (Å²) in [5, 5.41) is 0. The Morgan fingerprint density at radius 2 is 1.14 bits per heavy atom. The van der Waals surface area contributed by atoms with Crippen LogP contribution in [0.2, 0.25) is 9.62 Å². The third-order valence-electron chi connectivity index (χ3n) is 3.79. The second-order valence-electron chi connectivity index (χ2n) is 5.82. The number of rotatable bonds is 12. The number of unbranched alkanes of at least 4 members (excludes halogenated alkanes) is 2. The summed E-state index contributed by atoms with van der Waals surface area (Å²) in [6.45, 7) is 9.42. The molecule has 2 unspecified atom stereocenters. The van der Waals surface area contributed by atoms with Crippen molar-refractivity contribution in [1.29, 1.82) is 0 Å². The molecule has 133 valence electrons. The van der Waals surface area contributed by atoms with Crippen LogP contribution in [0.4, 0.5) is 0 Å². The van der Waals surface area contributed by atoms with Gasteiger partial charge in [-0.1, -0.05) is 0 Å². The van der Waals surface area contributed by atoms with Crippen LogP contribution < -0.4 is 14.7 Å². The average Bonchev–Trinajstić information content (AvgIpc) is 2.44. The minimum Gasteiger partial charge on any atom is -0.822 e. The standard InChI is InChI=1S/2C8H17.Mo.H3O4P/c2*1-4-6-7-8(3)5-2;;1-5(2,3)4/h2*8H,3-7H2,1-2H3;;(H3,1,2,3,4)/q;;+3;/p-3. The molecule has 0 aromatic carbocycles. The van der Waals surface area contributed by atoms with Gasteiger partial charge in [0.05, 0.1) is 0 Å². The molecule has 0 saturated heterocycles. The van der Waals surface area contributed by atoms with Crippen molar-refractivity contribution in [3.05, 3.63) is 0 Å². The maximum atomic E-state index is 8.55. The van der Waals surface area contributed by atoms with Crippen molar-refractivity contribution in [1.82, 2.24) is 0 Å². The van der Waals surface area contributed by atoms with Gasteiger partial charge >= 0.3 is 119 Å². The van der Waals surface area contributed by atoms with Crippen LogP contribution in [-0.4, -0.2) is 0 Å². The third-order valence-corrected chi connectivity index (χ3v) is 7.27. The molecular formula is C16H34MoO4P. The second-order valence-corrected chi connectivity index (χ2v) is 9.35. The summed E-state index contributed by atoms with van der Waals surface area (Å²) < 4.78 is 8.55. The van der Waals surface area contributed by atoms with Gasteiger partial charge in [0, 0.05) is 0 Å². The smallest absolute Gasteiger partial charge is 0.159 e. The Morgan fingerprint density at radius 1 is 0.818 bits per heavy atom. The van der Waals surface area contributed by atoms with E-state index in [-0.39, 0.29) is 0 Å². The molecule has 0 aromatic rings. The van der Waals surface area contributed by atoms with Crippen LogP contribution in [0.3, 0.4) is 0 Å². The van der Waals surface area contributed by atoms with Gasteiger partial charge < -0.3 is 19.2 Å². The van der Waals surface area contributed by atoms with Gasteiger partial charge in [-0.25, -0.2) is 0 Å². The average molecular weight is 417 g/mol. The summed E-state index contributed by atoms with van der Waals surface area (Å²) in [5.41, 5.74) is 0. The monoisotopic (exact) mass is 419 g/mol. The van der Waals surface area contributed by atoms with Gasteiger partial charge in [-0.3, -0.25) is 0 Å². The van der Waals surface area contributed by atoms with E-state index in [1.54, 1.807) is 9.62 Å². The Hall–Kier alpha value is 0.798. The first-order valence-electron chi connectivity index (χ1n) is 8.59. The molecule has 0 aromatic heterocycles. The van der Waals surface area contributed by atoms with Crippen molar-refractivity contribution in [2.75, 3.05) is 0 Å². The van der Waals surface area contributed by atoms with Gasteiger partial charge in [0.2, 0.25) is 0 Å². The summed E-state index contributed by atoms with van der Waals surface area (Å²) in [6.07, 6.45) is 11.5. The normalized spacial score (nSPS) is 13.8. The van der Waals surface area contributed by atoms with E-state index in [4.69, 9.17) is 19.2 Å². The van der Waals surface area contributed by atoms with E-state index in [1.807, 2.05) is 0 Å². The molecule has 0 aliphatic heterocycles. The van der Waals surface area contributed by atoms with Gasteiger partial charge in [0.15, 0.2) is 0 Å². The van der Waals surface area contributed by atoms with Crippen molar-refractivity contribution in [2.24, 2.45) is 11.8 Å². The molecule has 0 N–H and O–H groups in total. The first-order chi connectivity index (χ1) is 10.3. The first kappa shape index (κ1) is 25.0. The van der Waals surface area contributed by atoms with Crippen LogP contribution in [-0.2, 0) is 23.1 Å². The van der Waals surface area contributed by atoms with Gasteiger partial charge in [-0.15, -0.1) is 0 Å². The van der Waals surface area contributed by atoms with Crippen LogP contribution >= 0.6 is 7.82 Å². The number of hydrogen-bond donors (Lipinski definition) is 0. The zero-order valence-electron chi connectivity index (χ0n) is 14.7. The zero-order valence-corrected chi connectivity index (χ0v) is 17.6. The van der Waals surface area contributed by atoms with Crippen LogP contribution in [0.5, 0.6) is 0 Å². The summed E-state index contributed by atoms with van der Waals surface area (Å²) in [5.74, 6) is 2.14. The summed E-state index contributed by atoms with van der Waals surface area (Å²) >= 11 is 0.318. The van der Waals surface area contributed by atoms with Gasteiger partial charge in [-0.2, -0.15) is 7.82 Å². The Kier molecular flexibility index (Phi) is 19.0. The molecule has 0 spiro atoms. The largest absolute Gasteiger partial charge is 0.822 e. The van der Waals surface area contributed by atoms with Crippen LogP contribution in [0.1, 0.15) is 79.1 Å². The Labute approximate surface area is 146 Å². The van der Waals surface area contributed by atoms with Gasteiger partial charge in [0.25, 0.3) is 0 Å². The quantitative estimate of drug-likeness (QED) is 0.359. The van der Waals surface area contributed by atoms with Crippen molar-refractivity contribution in [3.8, 4) is 0 Å². The molecule has 6 heteroatoms. The molecule has 0 heterocycles. The predicted octanol–water partition coefficient (Wildman–Crippen LogP) is 3.51. The maximum Gasteiger partial charge on any atom is -0.159 e. The Morgan fingerprint density at radius 3 is 1.36 bits per heavy atom. The summed E-state index contributed by atoms with van der Waals surface area (Å²) in [7, 11) is -5.39.